The zero-order valence-corrected chi connectivity index (χ0v) is 13.9. The van der Waals surface area contributed by atoms with E-state index in [1.165, 1.54) is 5.56 Å². The summed E-state index contributed by atoms with van der Waals surface area (Å²) < 4.78 is 0. The molecule has 1 nitrogen and oxygen atoms in total. The number of nitrogens with zero attached hydrogens (tertiary/aromatic N) is 1. The number of rotatable bonds is 4. The number of pyridine rings is 1. The maximum Gasteiger partial charge on any atom is 0.0609 e. The highest BCUT2D eigenvalue weighted by atomic mass is 35.5. The van der Waals surface area contributed by atoms with Crippen LogP contribution in [0.4, 0.5) is 0 Å². The van der Waals surface area contributed by atoms with E-state index in [0.29, 0.717) is 0 Å². The molecule has 0 aliphatic carbocycles. The van der Waals surface area contributed by atoms with E-state index in [4.69, 9.17) is 23.2 Å². The van der Waals surface area contributed by atoms with E-state index in [-0.39, 0.29) is 5.25 Å². The van der Waals surface area contributed by atoms with Gasteiger partial charge in [-0.15, -0.1) is 11.8 Å². The average molecular weight is 346 g/mol. The van der Waals surface area contributed by atoms with E-state index in [1.54, 1.807) is 18.0 Å². The molecule has 0 fully saturated rings. The van der Waals surface area contributed by atoms with Gasteiger partial charge in [0, 0.05) is 22.3 Å². The largest absolute Gasteiger partial charge is 0.264 e. The molecule has 0 saturated carbocycles. The molecule has 0 saturated heterocycles. The van der Waals surface area contributed by atoms with Crippen LogP contribution < -0.4 is 0 Å². The summed E-state index contributed by atoms with van der Waals surface area (Å²) in [4.78, 5) is 5.29. The van der Waals surface area contributed by atoms with Crippen LogP contribution in [0.15, 0.2) is 78.0 Å². The Hall–Kier alpha value is -1.48. The fourth-order valence-corrected chi connectivity index (χ4v) is 3.72. The third-order valence-corrected chi connectivity index (χ3v) is 5.32. The van der Waals surface area contributed by atoms with Crippen LogP contribution in [0.3, 0.4) is 0 Å². The van der Waals surface area contributed by atoms with Crippen molar-refractivity contribution in [2.24, 2.45) is 0 Å². The van der Waals surface area contributed by atoms with Crippen molar-refractivity contribution in [1.82, 2.24) is 4.98 Å². The van der Waals surface area contributed by atoms with Gasteiger partial charge in [-0.3, -0.25) is 4.98 Å². The summed E-state index contributed by atoms with van der Waals surface area (Å²) in [5.41, 5.74) is 2.30. The van der Waals surface area contributed by atoms with E-state index >= 15 is 0 Å². The highest BCUT2D eigenvalue weighted by molar-refractivity contribution is 7.99. The molecule has 1 atom stereocenters. The van der Waals surface area contributed by atoms with E-state index in [1.807, 2.05) is 60.8 Å². The van der Waals surface area contributed by atoms with E-state index in [0.717, 1.165) is 20.5 Å². The zero-order chi connectivity index (χ0) is 15.4. The Labute approximate surface area is 144 Å². The van der Waals surface area contributed by atoms with E-state index in [9.17, 15) is 0 Å². The van der Waals surface area contributed by atoms with Gasteiger partial charge < -0.3 is 0 Å². The van der Waals surface area contributed by atoms with Crippen LogP contribution in [-0.4, -0.2) is 4.98 Å². The molecule has 0 radical (unpaired) electrons. The molecule has 0 aliphatic rings. The summed E-state index contributed by atoms with van der Waals surface area (Å²) in [6.45, 7) is 0. The minimum absolute atomic E-state index is 0.117. The fraction of sp³-hybridized carbons (Fsp3) is 0.0556. The second-order valence-corrected chi connectivity index (χ2v) is 6.76. The summed E-state index contributed by atoms with van der Waals surface area (Å²) in [6, 6.07) is 19.8. The first-order valence-corrected chi connectivity index (χ1v) is 8.44. The lowest BCUT2D eigenvalue weighted by atomic mass is 10.1. The van der Waals surface area contributed by atoms with Crippen molar-refractivity contribution in [2.75, 3.05) is 0 Å². The Morgan fingerprint density at radius 2 is 1.59 bits per heavy atom. The molecule has 0 amide bonds. The van der Waals surface area contributed by atoms with Crippen LogP contribution in [0.1, 0.15) is 16.4 Å². The first-order valence-electron chi connectivity index (χ1n) is 6.80. The number of aromatic nitrogens is 1. The molecular weight excluding hydrogens is 333 g/mol. The summed E-state index contributed by atoms with van der Waals surface area (Å²) in [5.74, 6) is 0. The summed E-state index contributed by atoms with van der Waals surface area (Å²) in [6.07, 6.45) is 3.67. The van der Waals surface area contributed by atoms with Crippen LogP contribution in [0.5, 0.6) is 0 Å². The van der Waals surface area contributed by atoms with Crippen LogP contribution in [0, 0.1) is 0 Å². The van der Waals surface area contributed by atoms with Crippen LogP contribution in [0.2, 0.25) is 10.0 Å². The van der Waals surface area contributed by atoms with Gasteiger partial charge in [-0.25, -0.2) is 0 Å². The maximum absolute atomic E-state index is 6.31. The molecule has 0 bridgehead atoms. The van der Waals surface area contributed by atoms with Crippen molar-refractivity contribution < 1.29 is 0 Å². The fourth-order valence-electron chi connectivity index (χ4n) is 2.16. The number of benzene rings is 2. The van der Waals surface area contributed by atoms with Crippen molar-refractivity contribution in [3.8, 4) is 0 Å². The van der Waals surface area contributed by atoms with Crippen molar-refractivity contribution in [3.63, 3.8) is 0 Å². The molecule has 3 aromatic rings. The molecule has 4 heteroatoms. The first kappa shape index (κ1) is 15.4. The average Bonchev–Trinajstić information content (AvgIpc) is 2.56. The number of thioether (sulfide) groups is 1. The molecule has 3 rings (SSSR count). The van der Waals surface area contributed by atoms with Crippen molar-refractivity contribution in [1.29, 1.82) is 0 Å². The van der Waals surface area contributed by atoms with Gasteiger partial charge in [0.05, 0.1) is 10.3 Å². The lowest BCUT2D eigenvalue weighted by Crippen LogP contribution is -1.97. The molecule has 1 aromatic heterocycles. The van der Waals surface area contributed by atoms with Gasteiger partial charge in [0.1, 0.15) is 0 Å². The Bertz CT molecular complexity index is 745. The van der Waals surface area contributed by atoms with Crippen molar-refractivity contribution >= 4 is 35.0 Å². The molecule has 1 unspecified atom stereocenters. The Balaban J connectivity index is 2.00. The summed E-state index contributed by atoms with van der Waals surface area (Å²) >= 11 is 14.0. The van der Waals surface area contributed by atoms with Gasteiger partial charge in [-0.05, 0) is 41.5 Å². The molecule has 0 N–H and O–H groups in total. The monoisotopic (exact) mass is 345 g/mol. The van der Waals surface area contributed by atoms with Gasteiger partial charge in [0.15, 0.2) is 0 Å². The topological polar surface area (TPSA) is 12.9 Å². The number of hydrogen-bond acceptors (Lipinski definition) is 2. The van der Waals surface area contributed by atoms with Gasteiger partial charge in [0.2, 0.25) is 0 Å². The molecule has 2 aromatic carbocycles. The van der Waals surface area contributed by atoms with Crippen molar-refractivity contribution in [3.05, 3.63) is 94.2 Å². The van der Waals surface area contributed by atoms with Crippen LogP contribution >= 0.6 is 35.0 Å². The predicted octanol–water partition coefficient (Wildman–Crippen LogP) is 6.27. The SMILES string of the molecule is Clc1ccc(C(Sc2ccccc2Cl)c2cccnc2)cc1. The quantitative estimate of drug-likeness (QED) is 0.516. The third-order valence-electron chi connectivity index (χ3n) is 3.24. The molecule has 0 spiro atoms. The second kappa shape index (κ2) is 7.19. The lowest BCUT2D eigenvalue weighted by Gasteiger charge is -2.18. The molecule has 0 aliphatic heterocycles. The highest BCUT2D eigenvalue weighted by Crippen LogP contribution is 2.42. The highest BCUT2D eigenvalue weighted by Gasteiger charge is 2.17. The van der Waals surface area contributed by atoms with Crippen LogP contribution in [-0.2, 0) is 0 Å². The molecular formula is C18H13Cl2NS. The maximum atomic E-state index is 6.31. The number of halogens is 2. The Kier molecular flexibility index (Phi) is 5.04. The van der Waals surface area contributed by atoms with Crippen molar-refractivity contribution in [2.45, 2.75) is 10.1 Å². The van der Waals surface area contributed by atoms with Gasteiger partial charge in [0.25, 0.3) is 0 Å². The van der Waals surface area contributed by atoms with Gasteiger partial charge >= 0.3 is 0 Å². The van der Waals surface area contributed by atoms with E-state index in [2.05, 4.69) is 11.1 Å². The lowest BCUT2D eigenvalue weighted by molar-refractivity contribution is 1.11. The smallest absolute Gasteiger partial charge is 0.0609 e. The zero-order valence-electron chi connectivity index (χ0n) is 11.6. The standard InChI is InChI=1S/C18H13Cl2NS/c19-15-9-7-13(8-10-15)18(14-4-3-11-21-12-14)22-17-6-2-1-5-16(17)20/h1-12,18H. The Morgan fingerprint density at radius 3 is 2.27 bits per heavy atom. The van der Waals surface area contributed by atoms with E-state index < -0.39 is 0 Å². The predicted molar refractivity (Wildman–Crippen MR) is 94.8 cm³/mol. The van der Waals surface area contributed by atoms with Gasteiger partial charge in [-0.1, -0.05) is 53.5 Å². The number of hydrogen-bond donors (Lipinski definition) is 0. The third kappa shape index (κ3) is 3.64. The molecule has 110 valence electrons. The summed E-state index contributed by atoms with van der Waals surface area (Å²) in [5, 5.41) is 1.61. The minimum Gasteiger partial charge on any atom is -0.264 e. The van der Waals surface area contributed by atoms with Crippen LogP contribution in [0.25, 0.3) is 0 Å². The normalized spacial score (nSPS) is 12.1. The van der Waals surface area contributed by atoms with Gasteiger partial charge in [-0.2, -0.15) is 0 Å². The molecule has 1 heterocycles. The second-order valence-electron chi connectivity index (χ2n) is 4.77. The molecule has 22 heavy (non-hydrogen) atoms. The summed E-state index contributed by atoms with van der Waals surface area (Å²) in [7, 11) is 0. The Morgan fingerprint density at radius 1 is 0.818 bits per heavy atom. The minimum atomic E-state index is 0.117. The first-order chi connectivity index (χ1) is 10.7.